The maximum atomic E-state index is 12.2. The smallest absolute Gasteiger partial charge is 0.339 e. The Kier molecular flexibility index (Phi) is 4.72. The number of phenols is 1. The van der Waals surface area contributed by atoms with E-state index >= 15 is 0 Å². The number of fused-ring (bicyclic) bond motifs is 1. The highest BCUT2D eigenvalue weighted by Gasteiger charge is 2.16. The van der Waals surface area contributed by atoms with Gasteiger partial charge in [0.05, 0.1) is 11.3 Å². The average molecular weight is 356 g/mol. The molecular weight excluding hydrogens is 340 g/mol. The summed E-state index contributed by atoms with van der Waals surface area (Å²) in [6.45, 7) is 0. The van der Waals surface area contributed by atoms with Gasteiger partial charge in [0.15, 0.2) is 15.8 Å². The van der Waals surface area contributed by atoms with E-state index in [2.05, 4.69) is 0 Å². The maximum Gasteiger partial charge on any atom is 0.339 e. The van der Waals surface area contributed by atoms with Crippen LogP contribution < -0.4 is 0 Å². The lowest BCUT2D eigenvalue weighted by atomic mass is 10.1. The van der Waals surface area contributed by atoms with Gasteiger partial charge in [0.25, 0.3) is 0 Å². The van der Waals surface area contributed by atoms with Crippen LogP contribution in [0.15, 0.2) is 66.7 Å². The Labute approximate surface area is 145 Å². The number of phenolic OH excluding ortho intramolecular Hbond substituents is 1. The van der Waals surface area contributed by atoms with Crippen LogP contribution in [0.4, 0.5) is 0 Å². The van der Waals surface area contributed by atoms with Crippen LogP contribution in [0.25, 0.3) is 10.8 Å². The molecule has 3 aromatic rings. The molecule has 6 heteroatoms. The zero-order valence-electron chi connectivity index (χ0n) is 13.3. The number of benzene rings is 3. The molecule has 0 unspecified atom stereocenters. The molecule has 0 aromatic heterocycles. The van der Waals surface area contributed by atoms with Crippen LogP contribution in [0, 0.1) is 0 Å². The third-order valence-corrected chi connectivity index (χ3v) is 4.92. The monoisotopic (exact) mass is 356 g/mol. The number of hydrogen-bond donors (Lipinski definition) is 1. The van der Waals surface area contributed by atoms with Crippen LogP contribution in [0.5, 0.6) is 5.75 Å². The predicted octanol–water partition coefficient (Wildman–Crippen LogP) is 3.27. The summed E-state index contributed by atoms with van der Waals surface area (Å²) in [7, 11) is -3.61. The highest BCUT2D eigenvalue weighted by atomic mass is 32.2. The fourth-order valence-electron chi connectivity index (χ4n) is 2.45. The topological polar surface area (TPSA) is 80.7 Å². The van der Waals surface area contributed by atoms with Gasteiger partial charge < -0.3 is 9.84 Å². The lowest BCUT2D eigenvalue weighted by Gasteiger charge is -2.07. The van der Waals surface area contributed by atoms with Crippen molar-refractivity contribution >= 4 is 26.6 Å². The molecule has 0 fully saturated rings. The molecule has 0 spiro atoms. The molecule has 3 rings (SSSR count). The van der Waals surface area contributed by atoms with E-state index in [1.165, 1.54) is 24.3 Å². The molecule has 3 aromatic carbocycles. The summed E-state index contributed by atoms with van der Waals surface area (Å²) in [6.07, 6.45) is 0. The number of rotatable bonds is 5. The normalized spacial score (nSPS) is 11.4. The van der Waals surface area contributed by atoms with Gasteiger partial charge in [-0.1, -0.05) is 42.5 Å². The highest BCUT2D eigenvalue weighted by molar-refractivity contribution is 7.90. The number of hydrogen-bond acceptors (Lipinski definition) is 5. The van der Waals surface area contributed by atoms with Gasteiger partial charge in [-0.05, 0) is 40.6 Å². The number of carbonyl (C=O) groups is 1. The molecule has 0 radical (unpaired) electrons. The predicted molar refractivity (Wildman–Crippen MR) is 95.0 cm³/mol. The van der Waals surface area contributed by atoms with Crippen LogP contribution in [-0.4, -0.2) is 25.4 Å². The fourth-order valence-corrected chi connectivity index (χ4v) is 3.51. The standard InChI is InChI=1S/C19H16O5S/c20-18-9-7-16(8-10-18)19(21)24-13-25(22,23)12-14-5-6-15-3-1-2-4-17(15)11-14/h1-11,20H,12-13H2. The largest absolute Gasteiger partial charge is 0.508 e. The first-order chi connectivity index (χ1) is 11.9. The molecule has 0 saturated heterocycles. The zero-order chi connectivity index (χ0) is 17.9. The molecule has 0 aliphatic heterocycles. The van der Waals surface area contributed by atoms with E-state index in [9.17, 15) is 18.3 Å². The van der Waals surface area contributed by atoms with Gasteiger partial charge >= 0.3 is 5.97 Å². The van der Waals surface area contributed by atoms with Crippen molar-refractivity contribution < 1.29 is 23.1 Å². The van der Waals surface area contributed by atoms with Crippen molar-refractivity contribution in [1.29, 1.82) is 0 Å². The quantitative estimate of drug-likeness (QED) is 0.710. The van der Waals surface area contributed by atoms with Crippen molar-refractivity contribution in [3.8, 4) is 5.75 Å². The van der Waals surface area contributed by atoms with Crippen LogP contribution in [-0.2, 0) is 20.3 Å². The van der Waals surface area contributed by atoms with Crippen molar-refractivity contribution in [2.45, 2.75) is 5.75 Å². The molecule has 0 bridgehead atoms. The Bertz CT molecular complexity index is 1010. The average Bonchev–Trinajstić information content (AvgIpc) is 2.60. The number of sulfone groups is 1. The second-order valence-electron chi connectivity index (χ2n) is 5.67. The Hall–Kier alpha value is -2.86. The van der Waals surface area contributed by atoms with Gasteiger partial charge in [-0.2, -0.15) is 0 Å². The molecule has 128 valence electrons. The van der Waals surface area contributed by atoms with Crippen LogP contribution in [0.2, 0.25) is 0 Å². The minimum Gasteiger partial charge on any atom is -0.508 e. The van der Waals surface area contributed by atoms with Crippen LogP contribution in [0.3, 0.4) is 0 Å². The fraction of sp³-hybridized carbons (Fsp3) is 0.105. The van der Waals surface area contributed by atoms with E-state index < -0.39 is 21.7 Å². The molecule has 0 aliphatic carbocycles. The molecule has 1 N–H and O–H groups in total. The van der Waals surface area contributed by atoms with Crippen molar-refractivity contribution in [1.82, 2.24) is 0 Å². The van der Waals surface area contributed by atoms with Crippen molar-refractivity contribution in [3.63, 3.8) is 0 Å². The van der Waals surface area contributed by atoms with Gasteiger partial charge in [-0.15, -0.1) is 0 Å². The number of esters is 1. The number of ether oxygens (including phenoxy) is 1. The Balaban J connectivity index is 1.66. The van der Waals surface area contributed by atoms with E-state index in [1.807, 2.05) is 36.4 Å². The Morgan fingerprint density at radius 3 is 2.32 bits per heavy atom. The lowest BCUT2D eigenvalue weighted by molar-refractivity contribution is 0.0571. The van der Waals surface area contributed by atoms with E-state index in [0.717, 1.165) is 10.8 Å². The molecule has 25 heavy (non-hydrogen) atoms. The van der Waals surface area contributed by atoms with Crippen LogP contribution in [0.1, 0.15) is 15.9 Å². The first-order valence-electron chi connectivity index (χ1n) is 7.57. The SMILES string of the molecule is O=C(OCS(=O)(=O)Cc1ccc2ccccc2c1)c1ccc(O)cc1. The zero-order valence-corrected chi connectivity index (χ0v) is 14.1. The first kappa shape index (κ1) is 17.0. The summed E-state index contributed by atoms with van der Waals surface area (Å²) in [5.41, 5.74) is 0.818. The van der Waals surface area contributed by atoms with Gasteiger partial charge in [0, 0.05) is 0 Å². The molecule has 0 heterocycles. The van der Waals surface area contributed by atoms with E-state index in [4.69, 9.17) is 4.74 Å². The maximum absolute atomic E-state index is 12.2. The summed E-state index contributed by atoms with van der Waals surface area (Å²) in [4.78, 5) is 11.9. The van der Waals surface area contributed by atoms with E-state index in [-0.39, 0.29) is 17.1 Å². The second-order valence-corrected chi connectivity index (χ2v) is 7.68. The summed E-state index contributed by atoms with van der Waals surface area (Å²) in [5, 5.41) is 11.2. The molecule has 0 amide bonds. The summed E-state index contributed by atoms with van der Waals surface area (Å²) in [6, 6.07) is 18.5. The summed E-state index contributed by atoms with van der Waals surface area (Å²) >= 11 is 0. The molecule has 5 nitrogen and oxygen atoms in total. The third-order valence-electron chi connectivity index (χ3n) is 3.67. The van der Waals surface area contributed by atoms with Crippen molar-refractivity contribution in [2.75, 3.05) is 5.94 Å². The van der Waals surface area contributed by atoms with Gasteiger partial charge in [0.1, 0.15) is 5.75 Å². The minimum atomic E-state index is -3.61. The number of carbonyl (C=O) groups excluding carboxylic acids is 1. The Morgan fingerprint density at radius 2 is 1.60 bits per heavy atom. The van der Waals surface area contributed by atoms with Crippen LogP contribution >= 0.6 is 0 Å². The van der Waals surface area contributed by atoms with Gasteiger partial charge in [0.2, 0.25) is 0 Å². The molecule has 0 aliphatic rings. The van der Waals surface area contributed by atoms with E-state index in [1.54, 1.807) is 6.07 Å². The van der Waals surface area contributed by atoms with Gasteiger partial charge in [-0.25, -0.2) is 13.2 Å². The first-order valence-corrected chi connectivity index (χ1v) is 9.39. The third kappa shape index (κ3) is 4.36. The van der Waals surface area contributed by atoms with Crippen molar-refractivity contribution in [3.05, 3.63) is 77.9 Å². The Morgan fingerprint density at radius 1 is 0.920 bits per heavy atom. The van der Waals surface area contributed by atoms with E-state index in [0.29, 0.717) is 5.56 Å². The summed E-state index contributed by atoms with van der Waals surface area (Å²) in [5.74, 6) is -1.64. The number of aromatic hydroxyl groups is 1. The summed E-state index contributed by atoms with van der Waals surface area (Å²) < 4.78 is 29.3. The molecular formula is C19H16O5S. The van der Waals surface area contributed by atoms with Crippen molar-refractivity contribution in [2.24, 2.45) is 0 Å². The minimum absolute atomic E-state index is 0.0143. The van der Waals surface area contributed by atoms with Gasteiger partial charge in [-0.3, -0.25) is 0 Å². The molecule has 0 atom stereocenters. The lowest BCUT2D eigenvalue weighted by Crippen LogP contribution is -2.16. The highest BCUT2D eigenvalue weighted by Crippen LogP contribution is 2.18. The molecule has 0 saturated carbocycles. The second kappa shape index (κ2) is 6.94.